The van der Waals surface area contributed by atoms with Gasteiger partial charge in [0.15, 0.2) is 0 Å². The van der Waals surface area contributed by atoms with Crippen molar-refractivity contribution in [2.24, 2.45) is 5.73 Å². The molecule has 5 nitrogen and oxygen atoms in total. The summed E-state index contributed by atoms with van der Waals surface area (Å²) in [6, 6.07) is 5.63. The van der Waals surface area contributed by atoms with Crippen molar-refractivity contribution in [1.82, 2.24) is 4.72 Å². The first-order valence-corrected chi connectivity index (χ1v) is 7.29. The Labute approximate surface area is 109 Å². The third kappa shape index (κ3) is 4.36. The van der Waals surface area contributed by atoms with Crippen LogP contribution in [0, 0.1) is 0 Å². The van der Waals surface area contributed by atoms with Gasteiger partial charge in [0, 0.05) is 17.1 Å². The summed E-state index contributed by atoms with van der Waals surface area (Å²) in [5, 5.41) is 9.16. The molecule has 0 aliphatic carbocycles. The molecular weight excluding hydrogens is 308 g/mol. The van der Waals surface area contributed by atoms with Crippen LogP contribution in [-0.4, -0.2) is 32.2 Å². The zero-order chi connectivity index (χ0) is 13.1. The van der Waals surface area contributed by atoms with E-state index in [2.05, 4.69) is 20.7 Å². The minimum absolute atomic E-state index is 0.00390. The van der Waals surface area contributed by atoms with Crippen LogP contribution >= 0.6 is 15.9 Å². The summed E-state index contributed by atoms with van der Waals surface area (Å²) in [7, 11) is -3.57. The summed E-state index contributed by atoms with van der Waals surface area (Å²) in [6.07, 6.45) is -0.761. The van der Waals surface area contributed by atoms with E-state index in [1.54, 1.807) is 12.1 Å². The van der Waals surface area contributed by atoms with Gasteiger partial charge in [-0.1, -0.05) is 15.9 Å². The van der Waals surface area contributed by atoms with E-state index in [1.165, 1.54) is 19.1 Å². The van der Waals surface area contributed by atoms with Crippen molar-refractivity contribution in [3.8, 4) is 0 Å². The molecule has 0 saturated heterocycles. The zero-order valence-electron chi connectivity index (χ0n) is 9.30. The van der Waals surface area contributed by atoms with Crippen molar-refractivity contribution in [2.75, 3.05) is 6.54 Å². The van der Waals surface area contributed by atoms with E-state index in [4.69, 9.17) is 10.8 Å². The van der Waals surface area contributed by atoms with E-state index in [1.807, 2.05) is 0 Å². The highest BCUT2D eigenvalue weighted by atomic mass is 79.9. The molecule has 7 heteroatoms. The van der Waals surface area contributed by atoms with Crippen LogP contribution in [0.3, 0.4) is 0 Å². The molecule has 0 spiro atoms. The molecule has 1 aromatic rings. The van der Waals surface area contributed by atoms with Gasteiger partial charge in [-0.3, -0.25) is 0 Å². The van der Waals surface area contributed by atoms with Gasteiger partial charge in [-0.15, -0.1) is 0 Å². The minimum atomic E-state index is -3.57. The van der Waals surface area contributed by atoms with Crippen LogP contribution in [0.1, 0.15) is 6.92 Å². The van der Waals surface area contributed by atoms with Gasteiger partial charge >= 0.3 is 0 Å². The molecule has 0 aromatic heterocycles. The zero-order valence-corrected chi connectivity index (χ0v) is 11.7. The number of aliphatic hydroxyl groups is 1. The SMILES string of the molecule is CC(O)C(N)CNS(=O)(=O)c1ccc(Br)cc1. The van der Waals surface area contributed by atoms with Crippen molar-refractivity contribution in [3.05, 3.63) is 28.7 Å². The molecule has 1 aromatic carbocycles. The fourth-order valence-electron chi connectivity index (χ4n) is 1.07. The number of sulfonamides is 1. The fraction of sp³-hybridized carbons (Fsp3) is 0.400. The molecule has 0 aliphatic rings. The van der Waals surface area contributed by atoms with Crippen molar-refractivity contribution in [2.45, 2.75) is 24.0 Å². The second kappa shape index (κ2) is 5.92. The van der Waals surface area contributed by atoms with Gasteiger partial charge in [0.2, 0.25) is 10.0 Å². The van der Waals surface area contributed by atoms with Gasteiger partial charge in [0.1, 0.15) is 0 Å². The second-order valence-electron chi connectivity index (χ2n) is 3.71. The van der Waals surface area contributed by atoms with E-state index >= 15 is 0 Å². The fourth-order valence-corrected chi connectivity index (χ4v) is 2.41. The minimum Gasteiger partial charge on any atom is -0.392 e. The number of hydrogen-bond acceptors (Lipinski definition) is 4. The Morgan fingerprint density at radius 1 is 1.41 bits per heavy atom. The average Bonchev–Trinajstić information content (AvgIpc) is 2.26. The number of halogens is 1. The molecule has 0 radical (unpaired) electrons. The van der Waals surface area contributed by atoms with Crippen molar-refractivity contribution >= 4 is 26.0 Å². The maximum atomic E-state index is 11.8. The van der Waals surface area contributed by atoms with Gasteiger partial charge in [-0.05, 0) is 31.2 Å². The van der Waals surface area contributed by atoms with Crippen LogP contribution in [0.5, 0.6) is 0 Å². The molecule has 0 bridgehead atoms. The highest BCUT2D eigenvalue weighted by Crippen LogP contribution is 2.14. The van der Waals surface area contributed by atoms with Crippen LogP contribution in [0.25, 0.3) is 0 Å². The maximum Gasteiger partial charge on any atom is 0.240 e. The molecule has 96 valence electrons. The van der Waals surface area contributed by atoms with Crippen LogP contribution in [0.4, 0.5) is 0 Å². The Morgan fingerprint density at radius 2 is 1.94 bits per heavy atom. The summed E-state index contributed by atoms with van der Waals surface area (Å²) in [5.74, 6) is 0. The van der Waals surface area contributed by atoms with Gasteiger partial charge in [0.05, 0.1) is 11.0 Å². The predicted molar refractivity (Wildman–Crippen MR) is 69.0 cm³/mol. The molecule has 0 aliphatic heterocycles. The first-order chi connectivity index (χ1) is 7.83. The largest absolute Gasteiger partial charge is 0.392 e. The molecule has 0 saturated carbocycles. The monoisotopic (exact) mass is 322 g/mol. The predicted octanol–water partition coefficient (Wildman–Crippen LogP) is 0.436. The Morgan fingerprint density at radius 3 is 2.41 bits per heavy atom. The lowest BCUT2D eigenvalue weighted by Crippen LogP contribution is -2.43. The quantitative estimate of drug-likeness (QED) is 0.733. The Bertz CT molecular complexity index is 459. The van der Waals surface area contributed by atoms with Gasteiger partial charge in [-0.25, -0.2) is 13.1 Å². The molecule has 2 unspecified atom stereocenters. The molecule has 0 amide bonds. The Balaban J connectivity index is 2.72. The number of rotatable bonds is 5. The standard InChI is InChI=1S/C10H15BrN2O3S/c1-7(14)10(12)6-13-17(15,16)9-4-2-8(11)3-5-9/h2-5,7,10,13-14H,6,12H2,1H3. The number of benzene rings is 1. The summed E-state index contributed by atoms with van der Waals surface area (Å²) in [6.45, 7) is 1.51. The smallest absolute Gasteiger partial charge is 0.240 e. The first kappa shape index (κ1) is 14.6. The Kier molecular flexibility index (Phi) is 5.08. The van der Waals surface area contributed by atoms with Crippen molar-refractivity contribution in [1.29, 1.82) is 0 Å². The molecule has 17 heavy (non-hydrogen) atoms. The van der Waals surface area contributed by atoms with Crippen LogP contribution < -0.4 is 10.5 Å². The van der Waals surface area contributed by atoms with Gasteiger partial charge in [-0.2, -0.15) is 0 Å². The third-order valence-corrected chi connectivity index (χ3v) is 4.22. The average molecular weight is 323 g/mol. The van der Waals surface area contributed by atoms with Crippen molar-refractivity contribution in [3.63, 3.8) is 0 Å². The normalized spacial score (nSPS) is 15.5. The van der Waals surface area contributed by atoms with Crippen molar-refractivity contribution < 1.29 is 13.5 Å². The Hall–Kier alpha value is -0.470. The topological polar surface area (TPSA) is 92.4 Å². The lowest BCUT2D eigenvalue weighted by molar-refractivity contribution is 0.164. The van der Waals surface area contributed by atoms with Gasteiger partial charge < -0.3 is 10.8 Å². The van der Waals surface area contributed by atoms with Crippen LogP contribution in [0.2, 0.25) is 0 Å². The summed E-state index contributed by atoms with van der Waals surface area (Å²) in [5.41, 5.74) is 5.54. The summed E-state index contributed by atoms with van der Waals surface area (Å²) >= 11 is 3.23. The van der Waals surface area contributed by atoms with E-state index in [0.717, 1.165) is 4.47 Å². The van der Waals surface area contributed by atoms with E-state index in [9.17, 15) is 8.42 Å². The highest BCUT2D eigenvalue weighted by molar-refractivity contribution is 9.10. The van der Waals surface area contributed by atoms with Gasteiger partial charge in [0.25, 0.3) is 0 Å². The molecule has 2 atom stereocenters. The number of aliphatic hydroxyl groups excluding tert-OH is 1. The summed E-state index contributed by atoms with van der Waals surface area (Å²) < 4.78 is 26.8. The second-order valence-corrected chi connectivity index (χ2v) is 6.39. The van der Waals surface area contributed by atoms with Crippen LogP contribution in [0.15, 0.2) is 33.6 Å². The number of nitrogens with one attached hydrogen (secondary N) is 1. The van der Waals surface area contributed by atoms with E-state index in [0.29, 0.717) is 0 Å². The number of nitrogens with two attached hydrogens (primary N) is 1. The maximum absolute atomic E-state index is 11.8. The third-order valence-electron chi connectivity index (χ3n) is 2.25. The van der Waals surface area contributed by atoms with E-state index < -0.39 is 22.2 Å². The molecule has 1 rings (SSSR count). The molecule has 0 fully saturated rings. The first-order valence-electron chi connectivity index (χ1n) is 5.02. The highest BCUT2D eigenvalue weighted by Gasteiger charge is 2.17. The van der Waals surface area contributed by atoms with E-state index in [-0.39, 0.29) is 11.4 Å². The lowest BCUT2D eigenvalue weighted by atomic mass is 10.2. The summed E-state index contributed by atoms with van der Waals surface area (Å²) in [4.78, 5) is 0.165. The number of hydrogen-bond donors (Lipinski definition) is 3. The van der Waals surface area contributed by atoms with Crippen LogP contribution in [-0.2, 0) is 10.0 Å². The molecular formula is C10H15BrN2O3S. The molecule has 0 heterocycles. The molecule has 4 N–H and O–H groups in total. The lowest BCUT2D eigenvalue weighted by Gasteiger charge is -2.15.